The largest absolute Gasteiger partial charge is 0.358 e. The van der Waals surface area contributed by atoms with E-state index in [-0.39, 0.29) is 11.8 Å². The summed E-state index contributed by atoms with van der Waals surface area (Å²) in [7, 11) is 3.69. The maximum absolute atomic E-state index is 12.8. The molecule has 28 heavy (non-hydrogen) atoms. The number of aryl methyl sites for hydroxylation is 3. The number of H-pyrrole nitrogens is 1. The van der Waals surface area contributed by atoms with Crippen molar-refractivity contribution >= 4 is 34.1 Å². The Morgan fingerprint density at radius 2 is 1.79 bits per heavy atom. The summed E-state index contributed by atoms with van der Waals surface area (Å²) in [5.41, 5.74) is 5.97. The maximum Gasteiger partial charge on any atom is 0.257 e. The van der Waals surface area contributed by atoms with Crippen molar-refractivity contribution in [1.29, 1.82) is 0 Å². The minimum atomic E-state index is -0.171. The number of aromatic nitrogens is 1. The van der Waals surface area contributed by atoms with Crippen LogP contribution in [0.25, 0.3) is 10.9 Å². The lowest BCUT2D eigenvalue weighted by atomic mass is 10.1. The topological polar surface area (TPSA) is 77.2 Å². The molecule has 6 heteroatoms. The van der Waals surface area contributed by atoms with Gasteiger partial charge in [0.2, 0.25) is 5.91 Å². The number of aromatic amines is 1. The number of rotatable bonds is 5. The van der Waals surface area contributed by atoms with E-state index in [0.29, 0.717) is 17.8 Å². The predicted octanol–water partition coefficient (Wildman–Crippen LogP) is 3.85. The molecule has 0 saturated carbocycles. The highest BCUT2D eigenvalue weighted by Crippen LogP contribution is 2.25. The molecule has 0 fully saturated rings. The minimum Gasteiger partial charge on any atom is -0.358 e. The van der Waals surface area contributed by atoms with Crippen LogP contribution in [-0.2, 0) is 4.79 Å². The second-order valence-electron chi connectivity index (χ2n) is 7.37. The molecule has 1 heterocycles. The molecule has 0 aliphatic rings. The van der Waals surface area contributed by atoms with Crippen molar-refractivity contribution in [3.63, 3.8) is 0 Å². The number of amides is 2. The van der Waals surface area contributed by atoms with Crippen molar-refractivity contribution < 1.29 is 9.59 Å². The van der Waals surface area contributed by atoms with E-state index < -0.39 is 0 Å². The lowest BCUT2D eigenvalue weighted by molar-refractivity contribution is -0.116. The van der Waals surface area contributed by atoms with Crippen LogP contribution in [0.5, 0.6) is 0 Å². The van der Waals surface area contributed by atoms with E-state index in [1.807, 2.05) is 70.1 Å². The van der Waals surface area contributed by atoms with Crippen LogP contribution in [0.2, 0.25) is 0 Å². The number of hydrogen-bond donors (Lipinski definition) is 3. The van der Waals surface area contributed by atoms with Crippen molar-refractivity contribution in [3.05, 3.63) is 58.8 Å². The Bertz CT molecular complexity index is 1050. The SMILES string of the molecule is Cc1cc(NC(=O)c2cccc3c(C)c(C)[nH]c23)ccc1NC(=O)CN(C)C. The summed E-state index contributed by atoms with van der Waals surface area (Å²) < 4.78 is 0. The Hall–Kier alpha value is -3.12. The summed E-state index contributed by atoms with van der Waals surface area (Å²) in [6, 6.07) is 11.2. The lowest BCUT2D eigenvalue weighted by Crippen LogP contribution is -2.27. The standard InChI is InChI=1S/C22H26N4O2/c1-13-11-16(9-10-19(13)25-20(27)12-26(4)5)24-22(28)18-8-6-7-17-14(2)15(3)23-21(17)18/h6-11,23H,12H2,1-5H3,(H,24,28)(H,25,27). The third kappa shape index (κ3) is 4.07. The second kappa shape index (κ2) is 7.86. The number of benzene rings is 2. The number of carbonyl (C=O) groups is 2. The average Bonchev–Trinajstić information content (AvgIpc) is 2.91. The van der Waals surface area contributed by atoms with Crippen LogP contribution in [0.4, 0.5) is 11.4 Å². The highest BCUT2D eigenvalue weighted by molar-refractivity contribution is 6.12. The van der Waals surface area contributed by atoms with Crippen molar-refractivity contribution in [2.24, 2.45) is 0 Å². The molecule has 2 amide bonds. The fourth-order valence-corrected chi connectivity index (χ4v) is 3.23. The molecule has 0 saturated heterocycles. The van der Waals surface area contributed by atoms with Crippen LogP contribution < -0.4 is 10.6 Å². The summed E-state index contributed by atoms with van der Waals surface area (Å²) in [5.74, 6) is -0.246. The molecule has 3 rings (SSSR count). The van der Waals surface area contributed by atoms with E-state index in [1.54, 1.807) is 6.07 Å². The number of nitrogens with zero attached hydrogens (tertiary/aromatic N) is 1. The fourth-order valence-electron chi connectivity index (χ4n) is 3.23. The van der Waals surface area contributed by atoms with Gasteiger partial charge < -0.3 is 20.5 Å². The van der Waals surface area contributed by atoms with Gasteiger partial charge in [-0.1, -0.05) is 12.1 Å². The van der Waals surface area contributed by atoms with Crippen LogP contribution >= 0.6 is 0 Å². The van der Waals surface area contributed by atoms with Crippen molar-refractivity contribution in [1.82, 2.24) is 9.88 Å². The number of likely N-dealkylation sites (N-methyl/N-ethyl adjacent to an activating group) is 1. The zero-order valence-corrected chi connectivity index (χ0v) is 16.9. The molecule has 3 N–H and O–H groups in total. The zero-order valence-electron chi connectivity index (χ0n) is 16.9. The number of fused-ring (bicyclic) bond motifs is 1. The number of nitrogens with one attached hydrogen (secondary N) is 3. The number of carbonyl (C=O) groups excluding carboxylic acids is 2. The van der Waals surface area contributed by atoms with Crippen LogP contribution in [-0.4, -0.2) is 42.3 Å². The second-order valence-corrected chi connectivity index (χ2v) is 7.37. The van der Waals surface area contributed by atoms with Gasteiger partial charge in [0.1, 0.15) is 0 Å². The zero-order chi connectivity index (χ0) is 20.4. The first-order valence-electron chi connectivity index (χ1n) is 9.20. The van der Waals surface area contributed by atoms with Gasteiger partial charge in [0, 0.05) is 22.5 Å². The Morgan fingerprint density at radius 1 is 1.04 bits per heavy atom. The first-order chi connectivity index (χ1) is 13.3. The summed E-state index contributed by atoms with van der Waals surface area (Å²) >= 11 is 0. The fraction of sp³-hybridized carbons (Fsp3) is 0.273. The normalized spacial score (nSPS) is 11.1. The molecule has 2 aromatic carbocycles. The molecule has 0 radical (unpaired) electrons. The van der Waals surface area contributed by atoms with E-state index in [2.05, 4.69) is 15.6 Å². The van der Waals surface area contributed by atoms with Crippen LogP contribution in [0, 0.1) is 20.8 Å². The van der Waals surface area contributed by atoms with Crippen molar-refractivity contribution in [2.45, 2.75) is 20.8 Å². The van der Waals surface area contributed by atoms with E-state index in [1.165, 1.54) is 0 Å². The van der Waals surface area contributed by atoms with E-state index >= 15 is 0 Å². The first kappa shape index (κ1) is 19.6. The summed E-state index contributed by atoms with van der Waals surface area (Å²) in [6.07, 6.45) is 0. The molecule has 6 nitrogen and oxygen atoms in total. The highest BCUT2D eigenvalue weighted by atomic mass is 16.2. The Morgan fingerprint density at radius 3 is 2.46 bits per heavy atom. The van der Waals surface area contributed by atoms with Gasteiger partial charge in [0.05, 0.1) is 17.6 Å². The molecular weight excluding hydrogens is 352 g/mol. The van der Waals surface area contributed by atoms with Gasteiger partial charge >= 0.3 is 0 Å². The summed E-state index contributed by atoms with van der Waals surface area (Å²) in [6.45, 7) is 6.27. The lowest BCUT2D eigenvalue weighted by Gasteiger charge is -2.13. The van der Waals surface area contributed by atoms with Crippen LogP contribution in [0.1, 0.15) is 27.2 Å². The summed E-state index contributed by atoms with van der Waals surface area (Å²) in [4.78, 5) is 29.9. The monoisotopic (exact) mass is 378 g/mol. The third-order valence-corrected chi connectivity index (χ3v) is 4.81. The molecule has 3 aromatic rings. The van der Waals surface area contributed by atoms with E-state index in [9.17, 15) is 9.59 Å². The van der Waals surface area contributed by atoms with Crippen LogP contribution in [0.3, 0.4) is 0 Å². The molecular formula is C22H26N4O2. The number of anilines is 2. The van der Waals surface area contributed by atoms with Gasteiger partial charge in [0.25, 0.3) is 5.91 Å². The van der Waals surface area contributed by atoms with Gasteiger partial charge in [0.15, 0.2) is 0 Å². The molecule has 0 atom stereocenters. The number of hydrogen-bond acceptors (Lipinski definition) is 3. The van der Waals surface area contributed by atoms with Gasteiger partial charge in [-0.25, -0.2) is 0 Å². The van der Waals surface area contributed by atoms with Gasteiger partial charge in [-0.3, -0.25) is 9.59 Å². The quantitative estimate of drug-likeness (QED) is 0.631. The van der Waals surface area contributed by atoms with Gasteiger partial charge in [-0.2, -0.15) is 0 Å². The highest BCUT2D eigenvalue weighted by Gasteiger charge is 2.14. The average molecular weight is 378 g/mol. The summed E-state index contributed by atoms with van der Waals surface area (Å²) in [5, 5.41) is 6.90. The van der Waals surface area contributed by atoms with E-state index in [4.69, 9.17) is 0 Å². The Kier molecular flexibility index (Phi) is 5.51. The molecule has 0 unspecified atom stereocenters. The Balaban J connectivity index is 1.79. The molecule has 0 aliphatic carbocycles. The molecule has 0 spiro atoms. The number of para-hydroxylation sites is 1. The van der Waals surface area contributed by atoms with Gasteiger partial charge in [-0.15, -0.1) is 0 Å². The minimum absolute atomic E-state index is 0.0750. The molecule has 0 bridgehead atoms. The van der Waals surface area contributed by atoms with Crippen molar-refractivity contribution in [3.8, 4) is 0 Å². The molecule has 146 valence electrons. The van der Waals surface area contributed by atoms with Crippen LogP contribution in [0.15, 0.2) is 36.4 Å². The first-order valence-corrected chi connectivity index (χ1v) is 9.20. The third-order valence-electron chi connectivity index (χ3n) is 4.81. The van der Waals surface area contributed by atoms with E-state index in [0.717, 1.165) is 33.4 Å². The molecule has 1 aromatic heterocycles. The Labute approximate surface area is 164 Å². The van der Waals surface area contributed by atoms with Gasteiger partial charge in [-0.05, 0) is 70.3 Å². The van der Waals surface area contributed by atoms with Crippen molar-refractivity contribution in [2.75, 3.05) is 31.3 Å². The predicted molar refractivity (Wildman–Crippen MR) is 114 cm³/mol. The maximum atomic E-state index is 12.8. The molecule has 0 aliphatic heterocycles. The smallest absolute Gasteiger partial charge is 0.257 e.